The first-order valence-electron chi connectivity index (χ1n) is 3.60. The van der Waals surface area contributed by atoms with Crippen LogP contribution in [0.3, 0.4) is 0 Å². The highest BCUT2D eigenvalue weighted by Crippen LogP contribution is 1.95. The molecule has 0 saturated carbocycles. The fourth-order valence-corrected chi connectivity index (χ4v) is 0.906. The Bertz CT molecular complexity index is 354. The van der Waals surface area contributed by atoms with Crippen LogP contribution in [-0.4, -0.2) is 16.1 Å². The highest BCUT2D eigenvalue weighted by Gasteiger charge is 2.04. The Morgan fingerprint density at radius 2 is 2.25 bits per heavy atom. The molecule has 0 bridgehead atoms. The molecule has 0 spiro atoms. The molecule has 0 aromatic carbocycles. The van der Waals surface area contributed by atoms with Crippen molar-refractivity contribution in [3.05, 3.63) is 33.7 Å². The Kier molecular flexibility index (Phi) is 2.28. The van der Waals surface area contributed by atoms with E-state index in [1.165, 1.54) is 6.07 Å². The molecule has 0 radical (unpaired) electrons. The van der Waals surface area contributed by atoms with Crippen LogP contribution in [0.1, 0.15) is 23.1 Å². The predicted octanol–water partition coefficient (Wildman–Crippen LogP) is 0.635. The van der Waals surface area contributed by atoms with Crippen molar-refractivity contribution in [1.82, 2.24) is 4.98 Å². The summed E-state index contributed by atoms with van der Waals surface area (Å²) in [5, 5.41) is 8.56. The van der Waals surface area contributed by atoms with Gasteiger partial charge in [0, 0.05) is 17.8 Å². The number of H-pyrrole nitrogens is 1. The van der Waals surface area contributed by atoms with Gasteiger partial charge in [-0.15, -0.1) is 0 Å². The molecule has 0 aliphatic rings. The van der Waals surface area contributed by atoms with Crippen LogP contribution in [0.4, 0.5) is 0 Å². The van der Waals surface area contributed by atoms with Crippen LogP contribution in [-0.2, 0) is 6.42 Å². The molecule has 0 unspecified atom stereocenters. The van der Waals surface area contributed by atoms with E-state index in [1.807, 2.05) is 6.92 Å². The molecule has 4 heteroatoms. The van der Waals surface area contributed by atoms with E-state index in [2.05, 4.69) is 4.98 Å². The molecule has 1 heterocycles. The molecule has 1 aromatic rings. The summed E-state index contributed by atoms with van der Waals surface area (Å²) in [6.07, 6.45) is 0.621. The minimum atomic E-state index is -1.11. The lowest BCUT2D eigenvalue weighted by Gasteiger charge is -1.98. The summed E-state index contributed by atoms with van der Waals surface area (Å²) in [7, 11) is 0. The number of aryl methyl sites for hydroxylation is 1. The summed E-state index contributed by atoms with van der Waals surface area (Å²) < 4.78 is 0. The third-order valence-electron chi connectivity index (χ3n) is 1.51. The largest absolute Gasteiger partial charge is 0.477 e. The highest BCUT2D eigenvalue weighted by atomic mass is 16.4. The van der Waals surface area contributed by atoms with Gasteiger partial charge >= 0.3 is 5.97 Å². The molecule has 0 amide bonds. The van der Waals surface area contributed by atoms with Crippen molar-refractivity contribution in [2.24, 2.45) is 0 Å². The maximum absolute atomic E-state index is 10.9. The second-order valence-corrected chi connectivity index (χ2v) is 2.41. The van der Waals surface area contributed by atoms with Gasteiger partial charge in [0.25, 0.3) is 0 Å². The average molecular weight is 167 g/mol. The molecule has 2 N–H and O–H groups in total. The first-order chi connectivity index (χ1) is 5.63. The van der Waals surface area contributed by atoms with E-state index in [0.29, 0.717) is 12.1 Å². The van der Waals surface area contributed by atoms with Gasteiger partial charge < -0.3 is 10.1 Å². The predicted molar refractivity (Wildman–Crippen MR) is 43.4 cm³/mol. The van der Waals surface area contributed by atoms with E-state index in [4.69, 9.17) is 5.11 Å². The van der Waals surface area contributed by atoms with E-state index in [-0.39, 0.29) is 11.1 Å². The quantitative estimate of drug-likeness (QED) is 0.678. The number of rotatable bonds is 2. The molecule has 1 aromatic heterocycles. The van der Waals surface area contributed by atoms with Crippen molar-refractivity contribution in [1.29, 1.82) is 0 Å². The SMILES string of the molecule is CCc1cc(=O)cc(C(=O)O)[nH]1. The first kappa shape index (κ1) is 8.52. The number of pyridine rings is 1. The van der Waals surface area contributed by atoms with Gasteiger partial charge in [0.1, 0.15) is 5.69 Å². The molecular formula is C8H9NO3. The van der Waals surface area contributed by atoms with Crippen LogP contribution in [0.2, 0.25) is 0 Å². The second kappa shape index (κ2) is 3.21. The van der Waals surface area contributed by atoms with Crippen LogP contribution in [0, 0.1) is 0 Å². The Balaban J connectivity index is 3.24. The zero-order valence-electron chi connectivity index (χ0n) is 6.63. The van der Waals surface area contributed by atoms with Crippen molar-refractivity contribution < 1.29 is 9.90 Å². The van der Waals surface area contributed by atoms with Crippen LogP contribution < -0.4 is 5.43 Å². The summed E-state index contributed by atoms with van der Waals surface area (Å²) in [4.78, 5) is 24.0. The van der Waals surface area contributed by atoms with Crippen LogP contribution in [0.5, 0.6) is 0 Å². The lowest BCUT2D eigenvalue weighted by atomic mass is 10.2. The zero-order valence-corrected chi connectivity index (χ0v) is 6.63. The van der Waals surface area contributed by atoms with Gasteiger partial charge in [-0.3, -0.25) is 4.79 Å². The number of aromatic carboxylic acids is 1. The molecule has 0 fully saturated rings. The second-order valence-electron chi connectivity index (χ2n) is 2.41. The van der Waals surface area contributed by atoms with Gasteiger partial charge in [0.2, 0.25) is 0 Å². The molecule has 4 nitrogen and oxygen atoms in total. The van der Waals surface area contributed by atoms with E-state index in [0.717, 1.165) is 6.07 Å². The lowest BCUT2D eigenvalue weighted by molar-refractivity contribution is 0.0690. The smallest absolute Gasteiger partial charge is 0.352 e. The van der Waals surface area contributed by atoms with E-state index in [1.54, 1.807) is 0 Å². The van der Waals surface area contributed by atoms with E-state index in [9.17, 15) is 9.59 Å². The molecule has 0 atom stereocenters. The van der Waals surface area contributed by atoms with Crippen LogP contribution in [0.25, 0.3) is 0 Å². The summed E-state index contributed by atoms with van der Waals surface area (Å²) >= 11 is 0. The minimum Gasteiger partial charge on any atom is -0.477 e. The van der Waals surface area contributed by atoms with Crippen LogP contribution in [0.15, 0.2) is 16.9 Å². The normalized spacial score (nSPS) is 9.75. The van der Waals surface area contributed by atoms with Crippen molar-refractivity contribution >= 4 is 5.97 Å². The lowest BCUT2D eigenvalue weighted by Crippen LogP contribution is -2.10. The number of carbonyl (C=O) groups is 1. The third-order valence-corrected chi connectivity index (χ3v) is 1.51. The monoisotopic (exact) mass is 167 g/mol. The first-order valence-corrected chi connectivity index (χ1v) is 3.60. The van der Waals surface area contributed by atoms with Crippen molar-refractivity contribution in [2.75, 3.05) is 0 Å². The van der Waals surface area contributed by atoms with Crippen molar-refractivity contribution in [3.8, 4) is 0 Å². The average Bonchev–Trinajstić information content (AvgIpc) is 2.03. The standard InChI is InChI=1S/C8H9NO3/c1-2-5-3-6(10)4-7(9-5)8(11)12/h3-4H,2H2,1H3,(H,9,10)(H,11,12). The molecular weight excluding hydrogens is 158 g/mol. The molecule has 1 rings (SSSR count). The Morgan fingerprint density at radius 3 is 2.75 bits per heavy atom. The maximum atomic E-state index is 10.9. The van der Waals surface area contributed by atoms with E-state index < -0.39 is 5.97 Å². The number of carboxylic acid groups (broad SMARTS) is 1. The van der Waals surface area contributed by atoms with Crippen molar-refractivity contribution in [3.63, 3.8) is 0 Å². The Morgan fingerprint density at radius 1 is 1.58 bits per heavy atom. The number of hydrogen-bond acceptors (Lipinski definition) is 2. The van der Waals surface area contributed by atoms with Gasteiger partial charge in [-0.2, -0.15) is 0 Å². The topological polar surface area (TPSA) is 70.2 Å². The fraction of sp³-hybridized carbons (Fsp3) is 0.250. The summed E-state index contributed by atoms with van der Waals surface area (Å²) in [5.74, 6) is -1.11. The maximum Gasteiger partial charge on any atom is 0.352 e. The number of aromatic amines is 1. The highest BCUT2D eigenvalue weighted by molar-refractivity contribution is 5.85. The Labute approximate surface area is 68.9 Å². The number of nitrogens with one attached hydrogen (secondary N) is 1. The minimum absolute atomic E-state index is 0.0562. The third kappa shape index (κ3) is 1.72. The molecule has 0 aliphatic carbocycles. The summed E-state index contributed by atoms with van der Waals surface area (Å²) in [5.41, 5.74) is 0.308. The summed E-state index contributed by atoms with van der Waals surface area (Å²) in [6, 6.07) is 2.47. The number of carboxylic acids is 1. The molecule has 12 heavy (non-hydrogen) atoms. The van der Waals surface area contributed by atoms with Gasteiger partial charge in [-0.05, 0) is 6.42 Å². The van der Waals surface area contributed by atoms with Gasteiger partial charge in [0.05, 0.1) is 0 Å². The van der Waals surface area contributed by atoms with Gasteiger partial charge in [-0.1, -0.05) is 6.92 Å². The molecule has 0 aliphatic heterocycles. The molecule has 0 saturated heterocycles. The fourth-order valence-electron chi connectivity index (χ4n) is 0.906. The zero-order chi connectivity index (χ0) is 9.14. The van der Waals surface area contributed by atoms with E-state index >= 15 is 0 Å². The van der Waals surface area contributed by atoms with Gasteiger partial charge in [-0.25, -0.2) is 4.79 Å². The van der Waals surface area contributed by atoms with Crippen molar-refractivity contribution in [2.45, 2.75) is 13.3 Å². The molecule has 64 valence electrons. The number of aromatic nitrogens is 1. The summed E-state index contributed by atoms with van der Waals surface area (Å²) in [6.45, 7) is 1.84. The number of hydrogen-bond donors (Lipinski definition) is 2. The van der Waals surface area contributed by atoms with Crippen LogP contribution >= 0.6 is 0 Å². The Hall–Kier alpha value is -1.58. The van der Waals surface area contributed by atoms with Gasteiger partial charge in [0.15, 0.2) is 5.43 Å².